The molecule has 2 rings (SSSR count). The number of thiazole rings is 1. The third-order valence-electron chi connectivity index (χ3n) is 3.67. The second-order valence-corrected chi connectivity index (χ2v) is 6.83. The molecule has 124 valence electrons. The molecule has 0 saturated heterocycles. The lowest BCUT2D eigenvalue weighted by molar-refractivity contribution is -0.126. The van der Waals surface area contributed by atoms with E-state index in [0.29, 0.717) is 13.0 Å². The molecule has 2 heterocycles. The molecule has 2 aromatic heterocycles. The average Bonchev–Trinajstić information content (AvgIpc) is 3.01. The first-order valence-corrected chi connectivity index (χ1v) is 8.83. The van der Waals surface area contributed by atoms with E-state index in [1.54, 1.807) is 30.7 Å². The fourth-order valence-corrected chi connectivity index (χ4v) is 3.21. The molecule has 5 nitrogen and oxygen atoms in total. The molecule has 0 bridgehead atoms. The third-order valence-corrected chi connectivity index (χ3v) is 4.58. The first-order chi connectivity index (χ1) is 11.0. The highest BCUT2D eigenvalue weighted by Gasteiger charge is 2.26. The fourth-order valence-electron chi connectivity index (χ4n) is 2.36. The van der Waals surface area contributed by atoms with Crippen molar-refractivity contribution in [2.24, 2.45) is 5.73 Å². The summed E-state index contributed by atoms with van der Waals surface area (Å²) in [6.07, 6.45) is 6.84. The van der Waals surface area contributed by atoms with Gasteiger partial charge in [-0.05, 0) is 31.9 Å². The highest BCUT2D eigenvalue weighted by molar-refractivity contribution is 7.09. The Morgan fingerprint density at radius 2 is 2.13 bits per heavy atom. The summed E-state index contributed by atoms with van der Waals surface area (Å²) in [4.78, 5) is 20.6. The molecule has 0 fully saturated rings. The molecule has 0 aromatic carbocycles. The molecule has 0 aliphatic carbocycles. The number of carbonyl (C=O) groups is 1. The summed E-state index contributed by atoms with van der Waals surface area (Å²) in [5.74, 6) is -0.0732. The maximum absolute atomic E-state index is 12.0. The molecule has 0 aliphatic rings. The summed E-state index contributed by atoms with van der Waals surface area (Å²) < 4.78 is 0. The second-order valence-electron chi connectivity index (χ2n) is 5.89. The van der Waals surface area contributed by atoms with E-state index in [1.165, 1.54) is 0 Å². The number of nitrogens with two attached hydrogens (primary N) is 1. The Hall–Kier alpha value is -1.79. The van der Waals surface area contributed by atoms with Crippen molar-refractivity contribution in [3.8, 4) is 11.3 Å². The van der Waals surface area contributed by atoms with Gasteiger partial charge in [-0.3, -0.25) is 9.78 Å². The van der Waals surface area contributed by atoms with Gasteiger partial charge in [0.05, 0.1) is 16.2 Å². The molecule has 23 heavy (non-hydrogen) atoms. The standard InChI is InChI=1S/C17H24N4OS/c1-3-8-17(2,18)16(22)20-9-4-5-15-21-14(12-23-15)13-6-10-19-11-7-13/h6-7,10-12H,3-5,8-9,18H2,1-2H3,(H,20,22). The molecule has 0 aliphatic heterocycles. The summed E-state index contributed by atoms with van der Waals surface area (Å²) in [5.41, 5.74) is 7.29. The van der Waals surface area contributed by atoms with E-state index in [2.05, 4.69) is 20.7 Å². The van der Waals surface area contributed by atoms with Crippen LogP contribution >= 0.6 is 11.3 Å². The van der Waals surface area contributed by atoms with Crippen LogP contribution in [0.2, 0.25) is 0 Å². The summed E-state index contributed by atoms with van der Waals surface area (Å²) in [7, 11) is 0. The van der Waals surface area contributed by atoms with Crippen molar-refractivity contribution < 1.29 is 4.79 Å². The van der Waals surface area contributed by atoms with E-state index >= 15 is 0 Å². The monoisotopic (exact) mass is 332 g/mol. The predicted octanol–water partition coefficient (Wildman–Crippen LogP) is 2.77. The van der Waals surface area contributed by atoms with Gasteiger partial charge < -0.3 is 11.1 Å². The van der Waals surface area contributed by atoms with Crippen molar-refractivity contribution in [1.82, 2.24) is 15.3 Å². The summed E-state index contributed by atoms with van der Waals surface area (Å²) in [5, 5.41) is 6.06. The zero-order chi connectivity index (χ0) is 16.7. The quantitative estimate of drug-likeness (QED) is 0.728. The van der Waals surface area contributed by atoms with Crippen LogP contribution in [0.15, 0.2) is 29.9 Å². The first kappa shape index (κ1) is 17.6. The van der Waals surface area contributed by atoms with Gasteiger partial charge in [-0.25, -0.2) is 4.98 Å². The smallest absolute Gasteiger partial charge is 0.239 e. The zero-order valence-corrected chi connectivity index (χ0v) is 14.5. The number of pyridine rings is 1. The molecule has 6 heteroatoms. The van der Waals surface area contributed by atoms with Crippen molar-refractivity contribution in [2.45, 2.75) is 45.1 Å². The van der Waals surface area contributed by atoms with Crippen LogP contribution in [0.5, 0.6) is 0 Å². The number of aryl methyl sites for hydroxylation is 1. The second kappa shape index (κ2) is 8.17. The Balaban J connectivity index is 1.77. The Kier molecular flexibility index (Phi) is 6.24. The van der Waals surface area contributed by atoms with Crippen molar-refractivity contribution in [2.75, 3.05) is 6.54 Å². The van der Waals surface area contributed by atoms with Gasteiger partial charge in [0.2, 0.25) is 5.91 Å². The van der Waals surface area contributed by atoms with Gasteiger partial charge in [0.1, 0.15) is 0 Å². The van der Waals surface area contributed by atoms with E-state index < -0.39 is 5.54 Å². The van der Waals surface area contributed by atoms with E-state index in [4.69, 9.17) is 5.73 Å². The summed E-state index contributed by atoms with van der Waals surface area (Å²) in [6.45, 7) is 4.44. The van der Waals surface area contributed by atoms with Crippen LogP contribution in [0.1, 0.15) is 38.1 Å². The minimum atomic E-state index is -0.773. The van der Waals surface area contributed by atoms with Gasteiger partial charge >= 0.3 is 0 Å². The van der Waals surface area contributed by atoms with Crippen molar-refractivity contribution >= 4 is 17.2 Å². The van der Waals surface area contributed by atoms with Crippen LogP contribution < -0.4 is 11.1 Å². The molecular formula is C17H24N4OS. The Labute approximate surface area is 141 Å². The molecule has 1 unspecified atom stereocenters. The van der Waals surface area contributed by atoms with Gasteiger partial charge in [-0.15, -0.1) is 11.3 Å². The predicted molar refractivity (Wildman–Crippen MR) is 94.2 cm³/mol. The van der Waals surface area contributed by atoms with E-state index in [-0.39, 0.29) is 5.91 Å². The molecule has 3 N–H and O–H groups in total. The number of hydrogen-bond donors (Lipinski definition) is 2. The largest absolute Gasteiger partial charge is 0.355 e. The molecule has 0 radical (unpaired) electrons. The average molecular weight is 332 g/mol. The van der Waals surface area contributed by atoms with Gasteiger partial charge in [-0.1, -0.05) is 13.3 Å². The first-order valence-electron chi connectivity index (χ1n) is 7.95. The Morgan fingerprint density at radius 3 is 2.83 bits per heavy atom. The number of aromatic nitrogens is 2. The zero-order valence-electron chi connectivity index (χ0n) is 13.7. The minimum Gasteiger partial charge on any atom is -0.355 e. The molecule has 1 amide bonds. The van der Waals surface area contributed by atoms with Gasteiger partial charge in [0, 0.05) is 36.3 Å². The van der Waals surface area contributed by atoms with Gasteiger partial charge in [0.15, 0.2) is 0 Å². The lowest BCUT2D eigenvalue weighted by Crippen LogP contribution is -2.51. The van der Waals surface area contributed by atoms with Crippen LogP contribution in [0.3, 0.4) is 0 Å². The van der Waals surface area contributed by atoms with Crippen LogP contribution in [-0.2, 0) is 11.2 Å². The summed E-state index contributed by atoms with van der Waals surface area (Å²) in [6, 6.07) is 3.91. The Bertz CT molecular complexity index is 625. The van der Waals surface area contributed by atoms with Crippen molar-refractivity contribution in [1.29, 1.82) is 0 Å². The number of rotatable bonds is 8. The summed E-state index contributed by atoms with van der Waals surface area (Å²) >= 11 is 1.65. The number of nitrogens with one attached hydrogen (secondary N) is 1. The van der Waals surface area contributed by atoms with Crippen LogP contribution in [0.4, 0.5) is 0 Å². The lowest BCUT2D eigenvalue weighted by Gasteiger charge is -2.22. The molecule has 0 spiro atoms. The van der Waals surface area contributed by atoms with Crippen molar-refractivity contribution in [3.63, 3.8) is 0 Å². The SMILES string of the molecule is CCCC(C)(N)C(=O)NCCCc1nc(-c2ccncc2)cs1. The number of nitrogens with zero attached hydrogens (tertiary/aromatic N) is 2. The minimum absolute atomic E-state index is 0.0732. The normalized spacial score (nSPS) is 13.5. The molecule has 2 aromatic rings. The molecule has 1 atom stereocenters. The number of carbonyl (C=O) groups excluding carboxylic acids is 1. The maximum Gasteiger partial charge on any atom is 0.239 e. The van der Waals surface area contributed by atoms with Crippen LogP contribution in [0, 0.1) is 0 Å². The van der Waals surface area contributed by atoms with Crippen LogP contribution in [0.25, 0.3) is 11.3 Å². The van der Waals surface area contributed by atoms with Gasteiger partial charge in [0.25, 0.3) is 0 Å². The van der Waals surface area contributed by atoms with Crippen LogP contribution in [-0.4, -0.2) is 28.0 Å². The lowest BCUT2D eigenvalue weighted by atomic mass is 9.96. The van der Waals surface area contributed by atoms with E-state index in [1.807, 2.05) is 19.1 Å². The highest BCUT2D eigenvalue weighted by Crippen LogP contribution is 2.21. The van der Waals surface area contributed by atoms with Crippen molar-refractivity contribution in [3.05, 3.63) is 34.9 Å². The third kappa shape index (κ3) is 5.11. The number of amides is 1. The Morgan fingerprint density at radius 1 is 1.39 bits per heavy atom. The highest BCUT2D eigenvalue weighted by atomic mass is 32.1. The topological polar surface area (TPSA) is 80.9 Å². The molecule has 0 saturated carbocycles. The van der Waals surface area contributed by atoms with Gasteiger partial charge in [-0.2, -0.15) is 0 Å². The maximum atomic E-state index is 12.0. The molecular weight excluding hydrogens is 308 g/mol. The van der Waals surface area contributed by atoms with E-state index in [9.17, 15) is 4.79 Å². The van der Waals surface area contributed by atoms with E-state index in [0.717, 1.165) is 35.5 Å². The number of hydrogen-bond acceptors (Lipinski definition) is 5. The fraction of sp³-hybridized carbons (Fsp3) is 0.471.